The van der Waals surface area contributed by atoms with Gasteiger partial charge in [0.1, 0.15) is 11.3 Å². The minimum absolute atomic E-state index is 0.0251. The highest BCUT2D eigenvalue weighted by Gasteiger charge is 2.36. The number of furan rings is 1. The molecule has 0 atom stereocenters. The van der Waals surface area contributed by atoms with Gasteiger partial charge in [-0.2, -0.15) is 0 Å². The Labute approximate surface area is 167 Å². The molecule has 0 aliphatic carbocycles. The van der Waals surface area contributed by atoms with E-state index in [0.29, 0.717) is 29.9 Å². The summed E-state index contributed by atoms with van der Waals surface area (Å²) in [6.07, 6.45) is 4.76. The van der Waals surface area contributed by atoms with Gasteiger partial charge in [-0.1, -0.05) is 6.08 Å². The van der Waals surface area contributed by atoms with Crippen LogP contribution in [-0.2, 0) is 22.6 Å². The number of ether oxygens (including phenoxy) is 1. The number of nitrogens with zero attached hydrogens (tertiary/aromatic N) is 1. The van der Waals surface area contributed by atoms with E-state index in [4.69, 9.17) is 9.15 Å². The van der Waals surface area contributed by atoms with E-state index in [1.165, 1.54) is 18.4 Å². The van der Waals surface area contributed by atoms with E-state index in [9.17, 15) is 19.5 Å². The van der Waals surface area contributed by atoms with Crippen molar-refractivity contribution in [2.45, 2.75) is 19.9 Å². The standard InChI is InChI=1S/C21H20N2O6/c1-3-6-14-9-13(11-17(18(14)24)28-4-2)10-16-19(25)22-21(27)23(20(16)26)12-15-7-5-8-29-15/h3,5,7-11,24H,1,4,6,12H2,2H3,(H,22,25,27). The molecule has 0 unspecified atom stereocenters. The maximum atomic E-state index is 12.8. The molecule has 3 rings (SSSR count). The molecule has 1 fully saturated rings. The highest BCUT2D eigenvalue weighted by atomic mass is 16.5. The van der Waals surface area contributed by atoms with Gasteiger partial charge in [-0.3, -0.25) is 19.8 Å². The highest BCUT2D eigenvalue weighted by Crippen LogP contribution is 2.33. The first-order chi connectivity index (χ1) is 13.9. The lowest BCUT2D eigenvalue weighted by molar-refractivity contribution is -0.130. The van der Waals surface area contributed by atoms with Crippen LogP contribution in [0.25, 0.3) is 6.08 Å². The molecule has 2 heterocycles. The normalized spacial score (nSPS) is 15.6. The monoisotopic (exact) mass is 396 g/mol. The lowest BCUT2D eigenvalue weighted by Gasteiger charge is -2.25. The number of hydrogen-bond donors (Lipinski definition) is 2. The summed E-state index contributed by atoms with van der Waals surface area (Å²) in [5.41, 5.74) is 0.785. The van der Waals surface area contributed by atoms with Gasteiger partial charge in [-0.15, -0.1) is 6.58 Å². The maximum absolute atomic E-state index is 12.8. The van der Waals surface area contributed by atoms with Crippen LogP contribution in [-0.4, -0.2) is 34.5 Å². The van der Waals surface area contributed by atoms with Gasteiger partial charge in [0, 0.05) is 5.56 Å². The molecular weight excluding hydrogens is 376 g/mol. The summed E-state index contributed by atoms with van der Waals surface area (Å²) < 4.78 is 10.6. The number of urea groups is 1. The minimum Gasteiger partial charge on any atom is -0.504 e. The van der Waals surface area contributed by atoms with Gasteiger partial charge in [0.15, 0.2) is 11.5 Å². The number of phenolic OH excluding ortho intramolecular Hbond substituents is 1. The Morgan fingerprint density at radius 3 is 2.76 bits per heavy atom. The fraction of sp³-hybridized carbons (Fsp3) is 0.190. The maximum Gasteiger partial charge on any atom is 0.331 e. The zero-order valence-corrected chi connectivity index (χ0v) is 15.8. The summed E-state index contributed by atoms with van der Waals surface area (Å²) in [4.78, 5) is 38.1. The lowest BCUT2D eigenvalue weighted by atomic mass is 10.0. The number of aromatic hydroxyl groups is 1. The molecule has 150 valence electrons. The van der Waals surface area contributed by atoms with Crippen LogP contribution in [0.15, 0.2) is 53.2 Å². The Kier molecular flexibility index (Phi) is 5.82. The zero-order valence-electron chi connectivity index (χ0n) is 15.8. The fourth-order valence-electron chi connectivity index (χ4n) is 2.91. The van der Waals surface area contributed by atoms with Crippen molar-refractivity contribution >= 4 is 23.9 Å². The molecule has 0 saturated carbocycles. The second kappa shape index (κ2) is 8.47. The van der Waals surface area contributed by atoms with Gasteiger partial charge in [0.05, 0.1) is 19.4 Å². The van der Waals surface area contributed by atoms with E-state index in [1.54, 1.807) is 31.2 Å². The first-order valence-corrected chi connectivity index (χ1v) is 8.95. The van der Waals surface area contributed by atoms with Crippen molar-refractivity contribution < 1.29 is 28.6 Å². The number of carbonyl (C=O) groups is 3. The summed E-state index contributed by atoms with van der Waals surface area (Å²) in [7, 11) is 0. The van der Waals surface area contributed by atoms with Crippen LogP contribution in [0.3, 0.4) is 0 Å². The van der Waals surface area contributed by atoms with Gasteiger partial charge in [0.25, 0.3) is 11.8 Å². The third-order valence-corrected chi connectivity index (χ3v) is 4.23. The van der Waals surface area contributed by atoms with Crippen molar-refractivity contribution in [1.82, 2.24) is 10.2 Å². The van der Waals surface area contributed by atoms with Gasteiger partial charge >= 0.3 is 6.03 Å². The highest BCUT2D eigenvalue weighted by molar-refractivity contribution is 6.30. The van der Waals surface area contributed by atoms with Crippen LogP contribution >= 0.6 is 0 Å². The Hall–Kier alpha value is -3.81. The summed E-state index contributed by atoms with van der Waals surface area (Å²) >= 11 is 0. The van der Waals surface area contributed by atoms with E-state index < -0.39 is 17.8 Å². The van der Waals surface area contributed by atoms with Crippen LogP contribution < -0.4 is 10.1 Å². The minimum atomic E-state index is -0.818. The molecule has 0 radical (unpaired) electrons. The predicted octanol–water partition coefficient (Wildman–Crippen LogP) is 2.77. The Bertz CT molecular complexity index is 991. The Morgan fingerprint density at radius 2 is 2.10 bits per heavy atom. The van der Waals surface area contributed by atoms with E-state index >= 15 is 0 Å². The number of carbonyl (C=O) groups excluding carboxylic acids is 3. The molecule has 0 bridgehead atoms. The number of phenols is 1. The van der Waals surface area contributed by atoms with Crippen molar-refractivity contribution in [3.63, 3.8) is 0 Å². The van der Waals surface area contributed by atoms with E-state index in [1.807, 2.05) is 0 Å². The van der Waals surface area contributed by atoms with Crippen molar-refractivity contribution in [3.05, 3.63) is 65.6 Å². The SMILES string of the molecule is C=CCc1cc(C=C2C(=O)NC(=O)N(Cc3ccco3)C2=O)cc(OCC)c1O. The number of rotatable bonds is 7. The van der Waals surface area contributed by atoms with Crippen LogP contribution in [0, 0.1) is 0 Å². The molecule has 1 aliphatic heterocycles. The van der Waals surface area contributed by atoms with E-state index in [2.05, 4.69) is 11.9 Å². The average Bonchev–Trinajstić information content (AvgIpc) is 3.19. The van der Waals surface area contributed by atoms with Crippen molar-refractivity contribution in [1.29, 1.82) is 0 Å². The Morgan fingerprint density at radius 1 is 1.31 bits per heavy atom. The topological polar surface area (TPSA) is 109 Å². The molecule has 29 heavy (non-hydrogen) atoms. The molecule has 1 aromatic carbocycles. The summed E-state index contributed by atoms with van der Waals surface area (Å²) in [6, 6.07) is 5.58. The van der Waals surface area contributed by atoms with Gasteiger partial charge in [0.2, 0.25) is 0 Å². The molecule has 8 heteroatoms. The smallest absolute Gasteiger partial charge is 0.331 e. The number of nitrogens with one attached hydrogen (secondary N) is 1. The van der Waals surface area contributed by atoms with Crippen LogP contribution in [0.5, 0.6) is 11.5 Å². The van der Waals surface area contributed by atoms with Gasteiger partial charge < -0.3 is 14.3 Å². The van der Waals surface area contributed by atoms with Crippen LogP contribution in [0.2, 0.25) is 0 Å². The first-order valence-electron chi connectivity index (χ1n) is 8.95. The molecule has 0 spiro atoms. The van der Waals surface area contributed by atoms with Crippen LogP contribution in [0.4, 0.5) is 4.79 Å². The molecule has 1 aliphatic rings. The first kappa shape index (κ1) is 19.9. The molecule has 1 aromatic heterocycles. The second-order valence-electron chi connectivity index (χ2n) is 6.24. The number of imide groups is 2. The molecule has 2 aromatic rings. The number of allylic oxidation sites excluding steroid dienone is 1. The number of barbiturate groups is 1. The summed E-state index contributed by atoms with van der Waals surface area (Å²) in [5.74, 6) is -0.939. The summed E-state index contributed by atoms with van der Waals surface area (Å²) in [5, 5.41) is 12.5. The van der Waals surface area contributed by atoms with Gasteiger partial charge in [-0.05, 0) is 49.2 Å². The number of hydrogen-bond acceptors (Lipinski definition) is 6. The van der Waals surface area contributed by atoms with E-state index in [-0.39, 0.29) is 23.6 Å². The van der Waals surface area contributed by atoms with Gasteiger partial charge in [-0.25, -0.2) is 4.79 Å². The van der Waals surface area contributed by atoms with Crippen molar-refractivity contribution in [3.8, 4) is 11.5 Å². The number of amides is 4. The second-order valence-corrected chi connectivity index (χ2v) is 6.24. The molecular formula is C21H20N2O6. The summed E-state index contributed by atoms with van der Waals surface area (Å²) in [6.45, 7) is 5.65. The van der Waals surface area contributed by atoms with Crippen molar-refractivity contribution in [2.24, 2.45) is 0 Å². The lowest BCUT2D eigenvalue weighted by Crippen LogP contribution is -2.53. The third kappa shape index (κ3) is 4.21. The Balaban J connectivity index is 1.98. The molecule has 8 nitrogen and oxygen atoms in total. The van der Waals surface area contributed by atoms with E-state index in [0.717, 1.165) is 4.90 Å². The quantitative estimate of drug-likeness (QED) is 0.423. The average molecular weight is 396 g/mol. The molecule has 4 amide bonds. The fourth-order valence-corrected chi connectivity index (χ4v) is 2.91. The zero-order chi connectivity index (χ0) is 21.0. The molecule has 2 N–H and O–H groups in total. The predicted molar refractivity (Wildman–Crippen MR) is 104 cm³/mol. The number of benzene rings is 1. The third-order valence-electron chi connectivity index (χ3n) is 4.23. The van der Waals surface area contributed by atoms with Crippen LogP contribution in [0.1, 0.15) is 23.8 Å². The molecule has 1 saturated heterocycles. The largest absolute Gasteiger partial charge is 0.504 e. The van der Waals surface area contributed by atoms with Crippen molar-refractivity contribution in [2.75, 3.05) is 6.61 Å².